The van der Waals surface area contributed by atoms with Crippen molar-refractivity contribution >= 4 is 11.8 Å². The molecule has 0 atom stereocenters. The van der Waals surface area contributed by atoms with Gasteiger partial charge in [0.05, 0.1) is 6.54 Å². The van der Waals surface area contributed by atoms with Gasteiger partial charge in [-0.15, -0.1) is 0 Å². The van der Waals surface area contributed by atoms with E-state index in [1.54, 1.807) is 0 Å². The summed E-state index contributed by atoms with van der Waals surface area (Å²) in [5.74, 6) is -0.196. The van der Waals surface area contributed by atoms with E-state index in [-0.39, 0.29) is 29.4 Å². The van der Waals surface area contributed by atoms with Crippen LogP contribution in [0, 0.1) is 0 Å². The van der Waals surface area contributed by atoms with Crippen molar-refractivity contribution in [3.63, 3.8) is 0 Å². The molecule has 0 unspecified atom stereocenters. The molecule has 116 valence electrons. The van der Waals surface area contributed by atoms with E-state index in [1.165, 1.54) is 19.3 Å². The highest BCUT2D eigenvalue weighted by atomic mass is 16.2. The Morgan fingerprint density at radius 1 is 1.05 bits per heavy atom. The van der Waals surface area contributed by atoms with E-state index in [2.05, 4.69) is 16.0 Å². The van der Waals surface area contributed by atoms with Gasteiger partial charge in [-0.05, 0) is 40.7 Å². The Morgan fingerprint density at radius 3 is 2.15 bits per heavy atom. The Kier molecular flexibility index (Phi) is 5.99. The molecule has 0 aliphatic heterocycles. The average Bonchev–Trinajstić information content (AvgIpc) is 2.35. The molecule has 0 heterocycles. The predicted octanol–water partition coefficient (Wildman–Crippen LogP) is 1.33. The Balaban J connectivity index is 2.37. The average molecular weight is 283 g/mol. The molecule has 3 N–H and O–H groups in total. The van der Waals surface area contributed by atoms with Gasteiger partial charge in [-0.2, -0.15) is 0 Å². The summed E-state index contributed by atoms with van der Waals surface area (Å²) >= 11 is 0. The molecule has 1 aliphatic carbocycles. The molecule has 0 aromatic carbocycles. The molecule has 0 radical (unpaired) electrons. The molecule has 5 heteroatoms. The molecule has 1 fully saturated rings. The molecule has 0 spiro atoms. The summed E-state index contributed by atoms with van der Waals surface area (Å²) in [6, 6.07) is 0. The summed E-state index contributed by atoms with van der Waals surface area (Å²) in [5, 5.41) is 8.87. The van der Waals surface area contributed by atoms with E-state index in [0.717, 1.165) is 12.8 Å². The van der Waals surface area contributed by atoms with Crippen LogP contribution >= 0.6 is 0 Å². The molecule has 0 aromatic heterocycles. The molecule has 0 saturated heterocycles. The summed E-state index contributed by atoms with van der Waals surface area (Å²) in [7, 11) is 1.92. The third-order valence-corrected chi connectivity index (χ3v) is 3.80. The lowest BCUT2D eigenvalue weighted by Gasteiger charge is -2.36. The van der Waals surface area contributed by atoms with E-state index < -0.39 is 0 Å². The Labute approximate surface area is 122 Å². The first-order chi connectivity index (χ1) is 9.26. The summed E-state index contributed by atoms with van der Waals surface area (Å²) < 4.78 is 0. The maximum atomic E-state index is 12.0. The Hall–Kier alpha value is -1.10. The molecule has 1 saturated carbocycles. The first-order valence-electron chi connectivity index (χ1n) is 7.53. The van der Waals surface area contributed by atoms with Gasteiger partial charge in [-0.3, -0.25) is 9.59 Å². The van der Waals surface area contributed by atoms with Crippen LogP contribution in [0.3, 0.4) is 0 Å². The third kappa shape index (κ3) is 5.90. The lowest BCUT2D eigenvalue weighted by atomic mass is 9.79. The summed E-state index contributed by atoms with van der Waals surface area (Å²) in [5.41, 5.74) is -0.347. The maximum Gasteiger partial charge on any atom is 0.239 e. The predicted molar refractivity (Wildman–Crippen MR) is 80.4 cm³/mol. The van der Waals surface area contributed by atoms with Crippen LogP contribution in [0.15, 0.2) is 0 Å². The molecule has 0 aromatic rings. The van der Waals surface area contributed by atoms with Gasteiger partial charge in [0, 0.05) is 17.5 Å². The van der Waals surface area contributed by atoms with Gasteiger partial charge in [-0.25, -0.2) is 0 Å². The fourth-order valence-corrected chi connectivity index (χ4v) is 2.75. The summed E-state index contributed by atoms with van der Waals surface area (Å²) in [6.07, 6.45) is 6.10. The minimum atomic E-state index is -0.266. The monoisotopic (exact) mass is 283 g/mol. The molecule has 1 aliphatic rings. The van der Waals surface area contributed by atoms with Gasteiger partial charge in [0.2, 0.25) is 11.8 Å². The molecule has 1 rings (SSSR count). The van der Waals surface area contributed by atoms with E-state index in [4.69, 9.17) is 0 Å². The SMILES string of the molecule is CNC1(CC(=O)NCC(=O)NC(C)(C)C)CCCCC1. The number of amides is 2. The van der Waals surface area contributed by atoms with Crippen molar-refractivity contribution < 1.29 is 9.59 Å². The number of rotatable bonds is 5. The Bertz CT molecular complexity index is 342. The lowest BCUT2D eigenvalue weighted by Crippen LogP contribution is -2.50. The number of carbonyl (C=O) groups is 2. The van der Waals surface area contributed by atoms with Crippen molar-refractivity contribution in [3.8, 4) is 0 Å². The van der Waals surface area contributed by atoms with E-state index in [0.29, 0.717) is 6.42 Å². The molecule has 0 bridgehead atoms. The van der Waals surface area contributed by atoms with E-state index >= 15 is 0 Å². The zero-order valence-corrected chi connectivity index (χ0v) is 13.3. The number of nitrogens with one attached hydrogen (secondary N) is 3. The number of hydrogen-bond acceptors (Lipinski definition) is 3. The second-order valence-corrected chi connectivity index (χ2v) is 6.84. The fourth-order valence-electron chi connectivity index (χ4n) is 2.75. The van der Waals surface area contributed by atoms with Crippen molar-refractivity contribution in [2.24, 2.45) is 0 Å². The van der Waals surface area contributed by atoms with Gasteiger partial charge < -0.3 is 16.0 Å². The first-order valence-corrected chi connectivity index (χ1v) is 7.53. The van der Waals surface area contributed by atoms with Crippen LogP contribution in [-0.2, 0) is 9.59 Å². The minimum absolute atomic E-state index is 0.0506. The van der Waals surface area contributed by atoms with Gasteiger partial charge in [0.25, 0.3) is 0 Å². The van der Waals surface area contributed by atoms with Crippen molar-refractivity contribution in [3.05, 3.63) is 0 Å². The number of carbonyl (C=O) groups excluding carboxylic acids is 2. The maximum absolute atomic E-state index is 12.0. The lowest BCUT2D eigenvalue weighted by molar-refractivity contribution is -0.127. The van der Waals surface area contributed by atoms with Crippen molar-refractivity contribution in [1.29, 1.82) is 0 Å². The van der Waals surface area contributed by atoms with Gasteiger partial charge in [0.1, 0.15) is 0 Å². The smallest absolute Gasteiger partial charge is 0.239 e. The minimum Gasteiger partial charge on any atom is -0.350 e. The van der Waals surface area contributed by atoms with Crippen molar-refractivity contribution in [2.75, 3.05) is 13.6 Å². The standard InChI is InChI=1S/C15H29N3O2/c1-14(2,3)18-13(20)11-17-12(19)10-15(16-4)8-6-5-7-9-15/h16H,5-11H2,1-4H3,(H,17,19)(H,18,20). The van der Waals surface area contributed by atoms with Crippen LogP contribution in [0.1, 0.15) is 59.3 Å². The van der Waals surface area contributed by atoms with Crippen LogP contribution in [0.25, 0.3) is 0 Å². The molecule has 2 amide bonds. The van der Waals surface area contributed by atoms with Crippen LogP contribution < -0.4 is 16.0 Å². The summed E-state index contributed by atoms with van der Waals surface area (Å²) in [4.78, 5) is 23.7. The summed E-state index contributed by atoms with van der Waals surface area (Å²) in [6.45, 7) is 5.82. The first kappa shape index (κ1) is 17.0. The largest absolute Gasteiger partial charge is 0.350 e. The highest BCUT2D eigenvalue weighted by Gasteiger charge is 2.32. The quantitative estimate of drug-likeness (QED) is 0.713. The van der Waals surface area contributed by atoms with Gasteiger partial charge >= 0.3 is 0 Å². The molecule has 5 nitrogen and oxygen atoms in total. The van der Waals surface area contributed by atoms with Crippen LogP contribution in [0.5, 0.6) is 0 Å². The van der Waals surface area contributed by atoms with Gasteiger partial charge in [0.15, 0.2) is 0 Å². The van der Waals surface area contributed by atoms with Crippen LogP contribution in [0.2, 0.25) is 0 Å². The normalized spacial score (nSPS) is 18.4. The highest BCUT2D eigenvalue weighted by Crippen LogP contribution is 2.30. The molecular formula is C15H29N3O2. The van der Waals surface area contributed by atoms with Crippen molar-refractivity contribution in [1.82, 2.24) is 16.0 Å². The second kappa shape index (κ2) is 7.07. The highest BCUT2D eigenvalue weighted by molar-refractivity contribution is 5.85. The van der Waals surface area contributed by atoms with Crippen LogP contribution in [0.4, 0.5) is 0 Å². The third-order valence-electron chi connectivity index (χ3n) is 3.80. The van der Waals surface area contributed by atoms with Crippen LogP contribution in [-0.4, -0.2) is 36.5 Å². The zero-order chi connectivity index (χ0) is 15.2. The Morgan fingerprint density at radius 2 is 1.65 bits per heavy atom. The van der Waals surface area contributed by atoms with E-state index in [1.807, 2.05) is 27.8 Å². The fraction of sp³-hybridized carbons (Fsp3) is 0.867. The van der Waals surface area contributed by atoms with Gasteiger partial charge in [-0.1, -0.05) is 19.3 Å². The molecule has 20 heavy (non-hydrogen) atoms. The zero-order valence-electron chi connectivity index (χ0n) is 13.3. The topological polar surface area (TPSA) is 70.2 Å². The number of hydrogen-bond donors (Lipinski definition) is 3. The second-order valence-electron chi connectivity index (χ2n) is 6.84. The molecular weight excluding hydrogens is 254 g/mol. The van der Waals surface area contributed by atoms with E-state index in [9.17, 15) is 9.59 Å². The van der Waals surface area contributed by atoms with Crippen molar-refractivity contribution in [2.45, 2.75) is 70.4 Å².